The van der Waals surface area contributed by atoms with E-state index in [1.165, 1.54) is 5.56 Å². The summed E-state index contributed by atoms with van der Waals surface area (Å²) in [5.41, 5.74) is 1.90. The van der Waals surface area contributed by atoms with E-state index in [1.807, 2.05) is 24.1 Å². The maximum absolute atomic E-state index is 12.6. The normalized spacial score (nSPS) is 17.7. The minimum absolute atomic E-state index is 0.0871. The quantitative estimate of drug-likeness (QED) is 0.870. The molecule has 116 valence electrons. The van der Waals surface area contributed by atoms with Crippen LogP contribution in [0.3, 0.4) is 0 Å². The summed E-state index contributed by atoms with van der Waals surface area (Å²) in [5, 5.41) is 4.09. The zero-order chi connectivity index (χ0) is 15.5. The van der Waals surface area contributed by atoms with Crippen LogP contribution in [0.25, 0.3) is 0 Å². The van der Waals surface area contributed by atoms with Gasteiger partial charge < -0.3 is 9.64 Å². The first-order valence-electron chi connectivity index (χ1n) is 7.60. The molecule has 5 heteroatoms. The monoisotopic (exact) mass is 299 g/mol. The third kappa shape index (κ3) is 2.98. The third-order valence-electron chi connectivity index (χ3n) is 4.22. The van der Waals surface area contributed by atoms with E-state index in [-0.39, 0.29) is 11.9 Å². The molecule has 1 saturated heterocycles. The molecular weight excluding hydrogens is 278 g/mol. The largest absolute Gasteiger partial charge is 0.497 e. The predicted octanol–water partition coefficient (Wildman–Crippen LogP) is 2.28. The molecule has 1 aromatic carbocycles. The Morgan fingerprint density at radius 3 is 2.77 bits per heavy atom. The summed E-state index contributed by atoms with van der Waals surface area (Å²) in [5.74, 6) is 0.947. The van der Waals surface area contributed by atoms with E-state index in [9.17, 15) is 4.79 Å². The number of ether oxygens (including phenoxy) is 1. The molecule has 1 fully saturated rings. The molecule has 1 aliphatic rings. The number of aryl methyl sites for hydroxylation is 1. The zero-order valence-electron chi connectivity index (χ0n) is 13.0. The summed E-state index contributed by atoms with van der Waals surface area (Å²) in [6.07, 6.45) is 6.43. The number of likely N-dealkylation sites (tertiary alicyclic amines) is 1. The highest BCUT2D eigenvalue weighted by Gasteiger charge is 2.29. The van der Waals surface area contributed by atoms with Crippen molar-refractivity contribution in [3.05, 3.63) is 47.8 Å². The second-order valence-corrected chi connectivity index (χ2v) is 5.75. The molecule has 0 bridgehead atoms. The van der Waals surface area contributed by atoms with Crippen molar-refractivity contribution < 1.29 is 9.53 Å². The van der Waals surface area contributed by atoms with Crippen molar-refractivity contribution in [1.29, 1.82) is 0 Å². The molecule has 3 rings (SSSR count). The van der Waals surface area contributed by atoms with Crippen molar-refractivity contribution >= 4 is 5.91 Å². The Hall–Kier alpha value is -2.30. The Morgan fingerprint density at radius 1 is 1.36 bits per heavy atom. The Morgan fingerprint density at radius 2 is 2.14 bits per heavy atom. The van der Waals surface area contributed by atoms with E-state index in [0.29, 0.717) is 5.56 Å². The molecular formula is C17H21N3O2. The molecule has 1 aliphatic heterocycles. The average molecular weight is 299 g/mol. The number of amides is 1. The fourth-order valence-corrected chi connectivity index (χ4v) is 3.05. The van der Waals surface area contributed by atoms with Crippen LogP contribution >= 0.6 is 0 Å². The number of methoxy groups -OCH3 is 1. The van der Waals surface area contributed by atoms with Crippen LogP contribution in [0.2, 0.25) is 0 Å². The molecule has 1 unspecified atom stereocenters. The molecule has 1 amide bonds. The molecule has 2 aromatic rings. The minimum Gasteiger partial charge on any atom is -0.497 e. The first-order valence-corrected chi connectivity index (χ1v) is 7.60. The van der Waals surface area contributed by atoms with E-state index in [1.54, 1.807) is 24.2 Å². The van der Waals surface area contributed by atoms with Crippen molar-refractivity contribution in [2.75, 3.05) is 13.7 Å². The molecule has 0 N–H and O–H groups in total. The fraction of sp³-hybridized carbons (Fsp3) is 0.412. The minimum atomic E-state index is 0.0871. The van der Waals surface area contributed by atoms with Gasteiger partial charge in [-0.1, -0.05) is 12.1 Å². The van der Waals surface area contributed by atoms with Crippen molar-refractivity contribution in [2.24, 2.45) is 7.05 Å². The van der Waals surface area contributed by atoms with Crippen LogP contribution in [-0.4, -0.2) is 40.3 Å². The second kappa shape index (κ2) is 6.22. The molecule has 2 heterocycles. The number of carbonyl (C=O) groups excluding carboxylic acids is 1. The number of hydrogen-bond acceptors (Lipinski definition) is 3. The van der Waals surface area contributed by atoms with Crippen LogP contribution in [0.5, 0.6) is 5.75 Å². The van der Waals surface area contributed by atoms with E-state index < -0.39 is 0 Å². The average Bonchev–Trinajstić information content (AvgIpc) is 3.16. The van der Waals surface area contributed by atoms with E-state index in [0.717, 1.165) is 31.6 Å². The van der Waals surface area contributed by atoms with Crippen molar-refractivity contribution in [2.45, 2.75) is 25.3 Å². The van der Waals surface area contributed by atoms with Gasteiger partial charge in [-0.3, -0.25) is 9.48 Å². The first-order chi connectivity index (χ1) is 10.7. The van der Waals surface area contributed by atoms with Gasteiger partial charge >= 0.3 is 0 Å². The summed E-state index contributed by atoms with van der Waals surface area (Å²) in [6, 6.07) is 8.35. The maximum Gasteiger partial charge on any atom is 0.257 e. The molecule has 1 atom stereocenters. The lowest BCUT2D eigenvalue weighted by molar-refractivity contribution is 0.0736. The summed E-state index contributed by atoms with van der Waals surface area (Å²) >= 11 is 0. The van der Waals surface area contributed by atoms with Crippen LogP contribution in [0.15, 0.2) is 36.7 Å². The maximum atomic E-state index is 12.6. The van der Waals surface area contributed by atoms with Gasteiger partial charge in [-0.2, -0.15) is 5.10 Å². The van der Waals surface area contributed by atoms with Gasteiger partial charge in [-0.05, 0) is 37.0 Å². The number of benzene rings is 1. The van der Waals surface area contributed by atoms with E-state index >= 15 is 0 Å². The summed E-state index contributed by atoms with van der Waals surface area (Å²) < 4.78 is 6.85. The lowest BCUT2D eigenvalue weighted by Crippen LogP contribution is -2.36. The van der Waals surface area contributed by atoms with E-state index in [4.69, 9.17) is 4.74 Å². The highest BCUT2D eigenvalue weighted by atomic mass is 16.5. The lowest BCUT2D eigenvalue weighted by Gasteiger charge is -2.24. The van der Waals surface area contributed by atoms with Gasteiger partial charge in [0, 0.05) is 25.8 Å². The van der Waals surface area contributed by atoms with Gasteiger partial charge in [0.05, 0.1) is 18.9 Å². The molecule has 22 heavy (non-hydrogen) atoms. The Kier molecular flexibility index (Phi) is 4.13. The van der Waals surface area contributed by atoms with Crippen molar-refractivity contribution in [3.63, 3.8) is 0 Å². The molecule has 0 saturated carbocycles. The number of nitrogens with zero attached hydrogens (tertiary/aromatic N) is 3. The summed E-state index contributed by atoms with van der Waals surface area (Å²) in [4.78, 5) is 14.6. The first kappa shape index (κ1) is 14.6. The molecule has 5 nitrogen and oxygen atoms in total. The SMILES string of the molecule is COc1ccc(CC2CCCN2C(=O)c2cnn(C)c2)cc1. The zero-order valence-corrected chi connectivity index (χ0v) is 13.0. The van der Waals surface area contributed by atoms with Crippen LogP contribution in [0.1, 0.15) is 28.8 Å². The topological polar surface area (TPSA) is 47.4 Å². The number of rotatable bonds is 4. The third-order valence-corrected chi connectivity index (χ3v) is 4.22. The van der Waals surface area contributed by atoms with Crippen LogP contribution in [0.4, 0.5) is 0 Å². The summed E-state index contributed by atoms with van der Waals surface area (Å²) in [7, 11) is 3.50. The van der Waals surface area contributed by atoms with Gasteiger partial charge in [0.2, 0.25) is 0 Å². The molecule has 0 aliphatic carbocycles. The fourth-order valence-electron chi connectivity index (χ4n) is 3.05. The van der Waals surface area contributed by atoms with Gasteiger partial charge in [-0.25, -0.2) is 0 Å². The van der Waals surface area contributed by atoms with Gasteiger partial charge in [0.1, 0.15) is 5.75 Å². The Balaban J connectivity index is 1.71. The number of carbonyl (C=O) groups is 1. The standard InChI is InChI=1S/C17H21N3O2/c1-19-12-14(11-18-19)17(21)20-9-3-4-15(20)10-13-5-7-16(22-2)8-6-13/h5-8,11-12,15H,3-4,9-10H2,1-2H3. The van der Waals surface area contributed by atoms with Crippen molar-refractivity contribution in [3.8, 4) is 5.75 Å². The summed E-state index contributed by atoms with van der Waals surface area (Å²) in [6.45, 7) is 0.828. The van der Waals surface area contributed by atoms with Gasteiger partial charge in [-0.15, -0.1) is 0 Å². The predicted molar refractivity (Wildman–Crippen MR) is 84.0 cm³/mol. The smallest absolute Gasteiger partial charge is 0.257 e. The van der Waals surface area contributed by atoms with Crippen LogP contribution in [0, 0.1) is 0 Å². The highest BCUT2D eigenvalue weighted by molar-refractivity contribution is 5.94. The van der Waals surface area contributed by atoms with Gasteiger partial charge in [0.25, 0.3) is 5.91 Å². The number of aromatic nitrogens is 2. The van der Waals surface area contributed by atoms with Crippen LogP contribution < -0.4 is 4.74 Å². The van der Waals surface area contributed by atoms with Gasteiger partial charge in [0.15, 0.2) is 0 Å². The molecule has 0 spiro atoms. The van der Waals surface area contributed by atoms with Crippen LogP contribution in [-0.2, 0) is 13.5 Å². The highest BCUT2D eigenvalue weighted by Crippen LogP contribution is 2.24. The Bertz CT molecular complexity index is 648. The second-order valence-electron chi connectivity index (χ2n) is 5.75. The lowest BCUT2D eigenvalue weighted by atomic mass is 10.0. The molecule has 0 radical (unpaired) electrons. The Labute approximate surface area is 130 Å². The number of hydrogen-bond donors (Lipinski definition) is 0. The molecule has 1 aromatic heterocycles. The van der Waals surface area contributed by atoms with Crippen molar-refractivity contribution in [1.82, 2.24) is 14.7 Å². The van der Waals surface area contributed by atoms with E-state index in [2.05, 4.69) is 17.2 Å².